The molecule has 1 fully saturated rings. The molecule has 0 saturated heterocycles. The minimum atomic E-state index is -0.570. The number of halogens is 1. The molecule has 0 aromatic heterocycles. The average Bonchev–Trinajstić information content (AvgIpc) is 2.62. The number of amides is 1. The molecule has 0 bridgehead atoms. The van der Waals surface area contributed by atoms with Gasteiger partial charge in [-0.2, -0.15) is 0 Å². The highest BCUT2D eigenvalue weighted by Crippen LogP contribution is 2.45. The number of rotatable bonds is 6. The lowest BCUT2D eigenvalue weighted by atomic mass is 9.64. The molecule has 0 spiro atoms. The van der Waals surface area contributed by atoms with E-state index in [1.165, 1.54) is 7.11 Å². The van der Waals surface area contributed by atoms with Gasteiger partial charge in [-0.3, -0.25) is 9.59 Å². The molecule has 144 valence electrons. The monoisotopic (exact) mass is 388 g/mol. The lowest BCUT2D eigenvalue weighted by Gasteiger charge is -2.39. The molecule has 1 amide bonds. The molecule has 0 radical (unpaired) electrons. The number of nitrogens with two attached hydrogens (primary N) is 1. The second kappa shape index (κ2) is 9.02. The molecule has 2 aromatic carbocycles. The minimum Gasteiger partial charge on any atom is -0.468 e. The topological polar surface area (TPSA) is 81.4 Å². The first-order valence-corrected chi connectivity index (χ1v) is 8.88. The van der Waals surface area contributed by atoms with E-state index in [0.29, 0.717) is 17.8 Å². The van der Waals surface area contributed by atoms with Crippen molar-refractivity contribution in [1.82, 2.24) is 0 Å². The minimum absolute atomic E-state index is 0. The Morgan fingerprint density at radius 1 is 1.15 bits per heavy atom. The van der Waals surface area contributed by atoms with Gasteiger partial charge in [0.05, 0.1) is 12.5 Å². The number of methoxy groups -OCH3 is 1. The number of esters is 1. The predicted molar refractivity (Wildman–Crippen MR) is 108 cm³/mol. The Labute approximate surface area is 165 Å². The first kappa shape index (κ1) is 20.9. The molecular formula is C21H25ClN2O3. The largest absolute Gasteiger partial charge is 0.468 e. The van der Waals surface area contributed by atoms with Crippen molar-refractivity contribution in [3.8, 4) is 0 Å². The van der Waals surface area contributed by atoms with Crippen LogP contribution in [0.2, 0.25) is 0 Å². The second-order valence-electron chi connectivity index (χ2n) is 6.70. The molecule has 1 aliphatic rings. The summed E-state index contributed by atoms with van der Waals surface area (Å²) in [5, 5.41) is 2.91. The first-order valence-electron chi connectivity index (χ1n) is 8.88. The van der Waals surface area contributed by atoms with Crippen LogP contribution in [0.25, 0.3) is 0 Å². The molecule has 0 atom stereocenters. The maximum atomic E-state index is 12.5. The quantitative estimate of drug-likeness (QED) is 0.742. The number of carbonyl (C=O) groups excluding carboxylic acids is 2. The van der Waals surface area contributed by atoms with Crippen molar-refractivity contribution in [2.75, 3.05) is 19.0 Å². The highest BCUT2D eigenvalue weighted by molar-refractivity contribution is 6.04. The molecule has 1 aliphatic carbocycles. The van der Waals surface area contributed by atoms with Crippen LogP contribution in [0, 0.1) is 0 Å². The van der Waals surface area contributed by atoms with Crippen LogP contribution in [0.5, 0.6) is 0 Å². The van der Waals surface area contributed by atoms with E-state index in [9.17, 15) is 9.59 Å². The fourth-order valence-electron chi connectivity index (χ4n) is 3.42. The zero-order chi connectivity index (χ0) is 18.6. The fraction of sp³-hybridized carbons (Fsp3) is 0.333. The van der Waals surface area contributed by atoms with Crippen LogP contribution >= 0.6 is 12.4 Å². The fourth-order valence-corrected chi connectivity index (χ4v) is 3.42. The van der Waals surface area contributed by atoms with Gasteiger partial charge < -0.3 is 15.8 Å². The van der Waals surface area contributed by atoms with E-state index in [2.05, 4.69) is 5.32 Å². The summed E-state index contributed by atoms with van der Waals surface area (Å²) in [6.07, 6.45) is 3.35. The van der Waals surface area contributed by atoms with E-state index in [1.807, 2.05) is 36.4 Å². The number of carbonyl (C=O) groups is 2. The van der Waals surface area contributed by atoms with Gasteiger partial charge in [-0.05, 0) is 61.2 Å². The number of ether oxygens (including phenoxy) is 1. The van der Waals surface area contributed by atoms with Gasteiger partial charge in [0.2, 0.25) is 0 Å². The van der Waals surface area contributed by atoms with Crippen LogP contribution < -0.4 is 11.1 Å². The van der Waals surface area contributed by atoms with Gasteiger partial charge in [-0.15, -0.1) is 12.4 Å². The summed E-state index contributed by atoms with van der Waals surface area (Å²) in [5.41, 5.74) is 8.24. The third-order valence-corrected chi connectivity index (χ3v) is 5.11. The maximum Gasteiger partial charge on any atom is 0.316 e. The summed E-state index contributed by atoms with van der Waals surface area (Å²) in [5.74, 6) is -0.384. The van der Waals surface area contributed by atoms with E-state index >= 15 is 0 Å². The van der Waals surface area contributed by atoms with Gasteiger partial charge in [0, 0.05) is 11.3 Å². The highest BCUT2D eigenvalue weighted by Gasteiger charge is 2.46. The molecule has 5 nitrogen and oxygen atoms in total. The van der Waals surface area contributed by atoms with Gasteiger partial charge in [-0.1, -0.05) is 30.7 Å². The Morgan fingerprint density at radius 2 is 1.85 bits per heavy atom. The molecule has 0 aliphatic heterocycles. The van der Waals surface area contributed by atoms with Crippen LogP contribution in [-0.4, -0.2) is 25.5 Å². The Bertz CT molecular complexity index is 801. The van der Waals surface area contributed by atoms with Gasteiger partial charge >= 0.3 is 5.97 Å². The summed E-state index contributed by atoms with van der Waals surface area (Å²) in [4.78, 5) is 24.7. The van der Waals surface area contributed by atoms with Crippen molar-refractivity contribution in [1.29, 1.82) is 0 Å². The zero-order valence-electron chi connectivity index (χ0n) is 15.4. The van der Waals surface area contributed by atoms with Gasteiger partial charge in [0.1, 0.15) is 0 Å². The first-order chi connectivity index (χ1) is 12.6. The third-order valence-electron chi connectivity index (χ3n) is 5.11. The predicted octanol–water partition coefficient (Wildman–Crippen LogP) is 3.46. The summed E-state index contributed by atoms with van der Waals surface area (Å²) in [7, 11) is 1.42. The lowest BCUT2D eigenvalue weighted by molar-refractivity contribution is -0.151. The number of hydrogen-bond acceptors (Lipinski definition) is 4. The molecule has 0 heterocycles. The molecule has 27 heavy (non-hydrogen) atoms. The SMILES string of the molecule is COC(=O)C1(c2cccc(NC(=O)c3ccc(CCN)cc3)c2)CCC1.Cl. The van der Waals surface area contributed by atoms with Crippen molar-refractivity contribution >= 4 is 30.0 Å². The Morgan fingerprint density at radius 3 is 2.41 bits per heavy atom. The number of hydrogen-bond donors (Lipinski definition) is 2. The van der Waals surface area contributed by atoms with Crippen molar-refractivity contribution in [3.63, 3.8) is 0 Å². The summed E-state index contributed by atoms with van der Waals surface area (Å²) in [6.45, 7) is 0.584. The Hall–Kier alpha value is -2.37. The normalized spacial score (nSPS) is 14.4. The number of benzene rings is 2. The van der Waals surface area contributed by atoms with Gasteiger partial charge in [0.15, 0.2) is 0 Å². The highest BCUT2D eigenvalue weighted by atomic mass is 35.5. The molecule has 2 aromatic rings. The molecular weight excluding hydrogens is 364 g/mol. The van der Waals surface area contributed by atoms with E-state index in [1.54, 1.807) is 12.1 Å². The standard InChI is InChI=1S/C21H24N2O3.ClH/c1-26-20(25)21(11-3-12-21)17-4-2-5-18(14-17)23-19(24)16-8-6-15(7-9-16)10-13-22;/h2,4-9,14H,3,10-13,22H2,1H3,(H,23,24);1H. The van der Waals surface area contributed by atoms with Crippen LogP contribution in [-0.2, 0) is 21.4 Å². The van der Waals surface area contributed by atoms with Crippen LogP contribution in [0.3, 0.4) is 0 Å². The average molecular weight is 389 g/mol. The smallest absolute Gasteiger partial charge is 0.316 e. The molecule has 6 heteroatoms. The van der Waals surface area contributed by atoms with Crippen molar-refractivity contribution in [2.45, 2.75) is 31.1 Å². The van der Waals surface area contributed by atoms with Gasteiger partial charge in [-0.25, -0.2) is 0 Å². The summed E-state index contributed by atoms with van der Waals surface area (Å²) >= 11 is 0. The van der Waals surface area contributed by atoms with Crippen LogP contribution in [0.1, 0.15) is 40.7 Å². The molecule has 1 saturated carbocycles. The lowest BCUT2D eigenvalue weighted by Crippen LogP contribution is -2.43. The van der Waals surface area contributed by atoms with Crippen LogP contribution in [0.15, 0.2) is 48.5 Å². The zero-order valence-corrected chi connectivity index (χ0v) is 16.2. The number of anilines is 1. The summed E-state index contributed by atoms with van der Waals surface area (Å²) < 4.78 is 5.00. The Kier molecular flexibility index (Phi) is 6.99. The maximum absolute atomic E-state index is 12.5. The van der Waals surface area contributed by atoms with Crippen molar-refractivity contribution in [2.24, 2.45) is 5.73 Å². The second-order valence-corrected chi connectivity index (χ2v) is 6.70. The molecule has 3 rings (SSSR count). The van der Waals surface area contributed by atoms with E-state index in [0.717, 1.165) is 36.8 Å². The molecule has 0 unspecified atom stereocenters. The van der Waals surface area contributed by atoms with E-state index in [-0.39, 0.29) is 24.3 Å². The number of nitrogens with one attached hydrogen (secondary N) is 1. The van der Waals surface area contributed by atoms with E-state index in [4.69, 9.17) is 10.5 Å². The Balaban J connectivity index is 0.00000261. The van der Waals surface area contributed by atoms with E-state index < -0.39 is 5.41 Å². The van der Waals surface area contributed by atoms with Crippen molar-refractivity contribution < 1.29 is 14.3 Å². The van der Waals surface area contributed by atoms with Crippen molar-refractivity contribution in [3.05, 3.63) is 65.2 Å². The molecule has 3 N–H and O–H groups in total. The third kappa shape index (κ3) is 4.31. The summed E-state index contributed by atoms with van der Waals surface area (Å²) in [6, 6.07) is 14.9. The van der Waals surface area contributed by atoms with Gasteiger partial charge in [0.25, 0.3) is 5.91 Å². The van der Waals surface area contributed by atoms with Crippen LogP contribution in [0.4, 0.5) is 5.69 Å².